The number of halogens is 1. The van der Waals surface area contributed by atoms with Crippen LogP contribution >= 0.6 is 11.6 Å². The molecule has 1 aliphatic heterocycles. The molecule has 1 atom stereocenters. The molecule has 1 aromatic carbocycles. The van der Waals surface area contributed by atoms with Gasteiger partial charge in [0.2, 0.25) is 0 Å². The van der Waals surface area contributed by atoms with Crippen LogP contribution in [0.2, 0.25) is 5.02 Å². The van der Waals surface area contributed by atoms with Crippen molar-refractivity contribution in [2.75, 3.05) is 24.5 Å². The fraction of sp³-hybridized carbons (Fsp3) is 0.562. The van der Waals surface area contributed by atoms with Crippen molar-refractivity contribution >= 4 is 17.3 Å². The molecular weight excluding hydrogens is 270 g/mol. The van der Waals surface area contributed by atoms with Crippen LogP contribution in [-0.4, -0.2) is 25.7 Å². The SMILES string of the molecule is CCCCN(CC1CCCN1)c1cccc(Cl)c1C#N. The third-order valence-corrected chi connectivity index (χ3v) is 4.14. The summed E-state index contributed by atoms with van der Waals surface area (Å²) in [5.74, 6) is 0. The Morgan fingerprint density at radius 1 is 1.50 bits per heavy atom. The number of hydrogen-bond donors (Lipinski definition) is 1. The van der Waals surface area contributed by atoms with E-state index in [0.717, 1.165) is 38.2 Å². The first kappa shape index (κ1) is 15.2. The molecular formula is C16H22ClN3. The first-order valence-corrected chi connectivity index (χ1v) is 7.81. The van der Waals surface area contributed by atoms with E-state index in [9.17, 15) is 5.26 Å². The van der Waals surface area contributed by atoms with Gasteiger partial charge in [0.05, 0.1) is 16.3 Å². The van der Waals surface area contributed by atoms with Crippen LogP contribution in [0.15, 0.2) is 18.2 Å². The minimum absolute atomic E-state index is 0.525. The summed E-state index contributed by atoms with van der Waals surface area (Å²) in [6.45, 7) is 5.22. The topological polar surface area (TPSA) is 39.1 Å². The Morgan fingerprint density at radius 3 is 3.00 bits per heavy atom. The maximum absolute atomic E-state index is 9.36. The molecule has 1 aromatic rings. The average Bonchev–Trinajstić information content (AvgIpc) is 2.96. The minimum atomic E-state index is 0.525. The van der Waals surface area contributed by atoms with E-state index in [2.05, 4.69) is 23.2 Å². The summed E-state index contributed by atoms with van der Waals surface area (Å²) in [6.07, 6.45) is 4.74. The maximum Gasteiger partial charge on any atom is 0.103 e. The van der Waals surface area contributed by atoms with Gasteiger partial charge in [0.25, 0.3) is 0 Å². The lowest BCUT2D eigenvalue weighted by Gasteiger charge is -2.29. The van der Waals surface area contributed by atoms with Crippen LogP contribution in [-0.2, 0) is 0 Å². The summed E-state index contributed by atoms with van der Waals surface area (Å²) >= 11 is 6.16. The fourth-order valence-electron chi connectivity index (χ4n) is 2.72. The van der Waals surface area contributed by atoms with Gasteiger partial charge in [-0.25, -0.2) is 0 Å². The number of benzene rings is 1. The molecule has 0 saturated carbocycles. The molecule has 0 aliphatic carbocycles. The fourth-order valence-corrected chi connectivity index (χ4v) is 2.94. The third-order valence-electron chi connectivity index (χ3n) is 3.83. The molecule has 1 N–H and O–H groups in total. The number of nitriles is 1. The first-order valence-electron chi connectivity index (χ1n) is 7.43. The van der Waals surface area contributed by atoms with E-state index in [1.54, 1.807) is 6.07 Å². The highest BCUT2D eigenvalue weighted by atomic mass is 35.5. The van der Waals surface area contributed by atoms with Crippen LogP contribution in [0, 0.1) is 11.3 Å². The lowest BCUT2D eigenvalue weighted by atomic mass is 10.1. The molecule has 0 bridgehead atoms. The van der Waals surface area contributed by atoms with E-state index in [4.69, 9.17) is 11.6 Å². The normalized spacial score (nSPS) is 17.9. The van der Waals surface area contributed by atoms with Gasteiger partial charge in [-0.3, -0.25) is 0 Å². The van der Waals surface area contributed by atoms with Crippen molar-refractivity contribution in [1.82, 2.24) is 5.32 Å². The van der Waals surface area contributed by atoms with E-state index in [0.29, 0.717) is 16.6 Å². The van der Waals surface area contributed by atoms with E-state index in [1.807, 2.05) is 12.1 Å². The van der Waals surface area contributed by atoms with Crippen LogP contribution in [0.25, 0.3) is 0 Å². The molecule has 4 heteroatoms. The predicted molar refractivity (Wildman–Crippen MR) is 84.3 cm³/mol. The van der Waals surface area contributed by atoms with Crippen molar-refractivity contribution in [2.24, 2.45) is 0 Å². The van der Waals surface area contributed by atoms with Crippen molar-refractivity contribution in [3.63, 3.8) is 0 Å². The Balaban J connectivity index is 2.21. The summed E-state index contributed by atoms with van der Waals surface area (Å²) in [7, 11) is 0. The number of anilines is 1. The highest BCUT2D eigenvalue weighted by Gasteiger charge is 2.20. The van der Waals surface area contributed by atoms with Gasteiger partial charge in [-0.2, -0.15) is 5.26 Å². The summed E-state index contributed by atoms with van der Waals surface area (Å²) < 4.78 is 0. The standard InChI is InChI=1S/C16H22ClN3/c1-2-3-10-20(12-13-6-5-9-19-13)16-8-4-7-15(17)14(16)11-18/h4,7-8,13,19H,2-3,5-6,9-10,12H2,1H3. The molecule has 3 nitrogen and oxygen atoms in total. The molecule has 0 radical (unpaired) electrons. The number of unbranched alkanes of at least 4 members (excludes halogenated alkanes) is 1. The van der Waals surface area contributed by atoms with Crippen LogP contribution in [0.5, 0.6) is 0 Å². The van der Waals surface area contributed by atoms with Gasteiger partial charge in [0.1, 0.15) is 6.07 Å². The Bertz CT molecular complexity index is 475. The molecule has 0 aromatic heterocycles. The van der Waals surface area contributed by atoms with E-state index in [-0.39, 0.29) is 0 Å². The second-order valence-corrected chi connectivity index (χ2v) is 5.75. The highest BCUT2D eigenvalue weighted by Crippen LogP contribution is 2.27. The summed E-state index contributed by atoms with van der Waals surface area (Å²) in [6, 6.07) is 8.50. The number of nitrogens with one attached hydrogen (secondary N) is 1. The average molecular weight is 292 g/mol. The van der Waals surface area contributed by atoms with Crippen molar-refractivity contribution in [1.29, 1.82) is 5.26 Å². The van der Waals surface area contributed by atoms with Crippen molar-refractivity contribution in [2.45, 2.75) is 38.6 Å². The molecule has 1 fully saturated rings. The van der Waals surface area contributed by atoms with Crippen LogP contribution in [0.4, 0.5) is 5.69 Å². The Labute approximate surface area is 126 Å². The lowest BCUT2D eigenvalue weighted by Crippen LogP contribution is -2.38. The number of nitrogens with zero attached hydrogens (tertiary/aromatic N) is 2. The van der Waals surface area contributed by atoms with Gasteiger partial charge < -0.3 is 10.2 Å². The molecule has 0 amide bonds. The zero-order chi connectivity index (χ0) is 14.4. The second-order valence-electron chi connectivity index (χ2n) is 5.34. The number of hydrogen-bond acceptors (Lipinski definition) is 3. The highest BCUT2D eigenvalue weighted by molar-refractivity contribution is 6.32. The minimum Gasteiger partial charge on any atom is -0.369 e. The van der Waals surface area contributed by atoms with E-state index < -0.39 is 0 Å². The molecule has 1 heterocycles. The first-order chi connectivity index (χ1) is 9.76. The van der Waals surface area contributed by atoms with Gasteiger partial charge >= 0.3 is 0 Å². The van der Waals surface area contributed by atoms with Crippen LogP contribution < -0.4 is 10.2 Å². The van der Waals surface area contributed by atoms with Crippen molar-refractivity contribution < 1.29 is 0 Å². The summed E-state index contributed by atoms with van der Waals surface area (Å²) in [5, 5.41) is 13.4. The molecule has 108 valence electrons. The zero-order valence-corrected chi connectivity index (χ0v) is 12.8. The Hall–Kier alpha value is -1.24. The summed E-state index contributed by atoms with van der Waals surface area (Å²) in [5.41, 5.74) is 1.57. The molecule has 2 rings (SSSR count). The van der Waals surface area contributed by atoms with Gasteiger partial charge in [0.15, 0.2) is 0 Å². The largest absolute Gasteiger partial charge is 0.369 e. The van der Waals surface area contributed by atoms with Gasteiger partial charge in [0, 0.05) is 19.1 Å². The third kappa shape index (κ3) is 3.65. The molecule has 1 unspecified atom stereocenters. The molecule has 1 saturated heterocycles. The smallest absolute Gasteiger partial charge is 0.103 e. The van der Waals surface area contributed by atoms with Gasteiger partial charge in [-0.1, -0.05) is 31.0 Å². The maximum atomic E-state index is 9.36. The second kappa shape index (κ2) is 7.52. The van der Waals surface area contributed by atoms with Crippen LogP contribution in [0.3, 0.4) is 0 Å². The quantitative estimate of drug-likeness (QED) is 0.871. The molecule has 0 spiro atoms. The monoisotopic (exact) mass is 291 g/mol. The summed E-state index contributed by atoms with van der Waals surface area (Å²) in [4.78, 5) is 2.32. The predicted octanol–water partition coefficient (Wildman–Crippen LogP) is 3.57. The van der Waals surface area contributed by atoms with Crippen molar-refractivity contribution in [3.05, 3.63) is 28.8 Å². The van der Waals surface area contributed by atoms with Gasteiger partial charge in [-0.05, 0) is 37.9 Å². The zero-order valence-electron chi connectivity index (χ0n) is 12.0. The molecule has 20 heavy (non-hydrogen) atoms. The van der Waals surface area contributed by atoms with Gasteiger partial charge in [-0.15, -0.1) is 0 Å². The molecule has 1 aliphatic rings. The number of rotatable bonds is 6. The van der Waals surface area contributed by atoms with E-state index >= 15 is 0 Å². The van der Waals surface area contributed by atoms with E-state index in [1.165, 1.54) is 12.8 Å². The van der Waals surface area contributed by atoms with Crippen LogP contribution in [0.1, 0.15) is 38.2 Å². The van der Waals surface area contributed by atoms with Crippen molar-refractivity contribution in [3.8, 4) is 6.07 Å². The lowest BCUT2D eigenvalue weighted by molar-refractivity contribution is 0.572. The Kier molecular flexibility index (Phi) is 5.70. The Morgan fingerprint density at radius 2 is 2.35 bits per heavy atom.